The highest BCUT2D eigenvalue weighted by atomic mass is 19.4. The zero-order chi connectivity index (χ0) is 18.7. The fourth-order valence-corrected chi connectivity index (χ4v) is 3.82. The van der Waals surface area contributed by atoms with Crippen molar-refractivity contribution in [1.82, 2.24) is 14.5 Å². The first-order valence-electron chi connectivity index (χ1n) is 9.31. The van der Waals surface area contributed by atoms with E-state index in [0.717, 1.165) is 38.3 Å². The molecule has 1 atom stereocenters. The number of hydrogen-bond donors (Lipinski definition) is 0. The van der Waals surface area contributed by atoms with Crippen LogP contribution in [0.1, 0.15) is 50.0 Å². The molecule has 8 heteroatoms. The number of halogens is 3. The third-order valence-electron chi connectivity index (χ3n) is 5.33. The first-order valence-corrected chi connectivity index (χ1v) is 9.31. The number of carbonyl (C=O) groups is 1. The van der Waals surface area contributed by atoms with Crippen molar-refractivity contribution in [3.63, 3.8) is 0 Å². The SMILES string of the molecule is CN(CC1CCc2nc(C(F)(F)F)cn2C1)C(=O)COC1CCCCC1. The molecule has 1 aliphatic heterocycles. The highest BCUT2D eigenvalue weighted by Gasteiger charge is 2.36. The average Bonchev–Trinajstić information content (AvgIpc) is 3.04. The molecule has 5 nitrogen and oxygen atoms in total. The van der Waals surface area contributed by atoms with Gasteiger partial charge in [-0.1, -0.05) is 19.3 Å². The molecule has 1 aliphatic carbocycles. The van der Waals surface area contributed by atoms with Crippen LogP contribution < -0.4 is 0 Å². The van der Waals surface area contributed by atoms with Gasteiger partial charge in [0.1, 0.15) is 12.4 Å². The number of amides is 1. The van der Waals surface area contributed by atoms with Crippen molar-refractivity contribution in [2.75, 3.05) is 20.2 Å². The molecule has 0 saturated heterocycles. The van der Waals surface area contributed by atoms with E-state index in [1.807, 2.05) is 0 Å². The zero-order valence-electron chi connectivity index (χ0n) is 15.1. The highest BCUT2D eigenvalue weighted by molar-refractivity contribution is 5.77. The van der Waals surface area contributed by atoms with E-state index in [2.05, 4.69) is 4.98 Å². The summed E-state index contributed by atoms with van der Waals surface area (Å²) in [4.78, 5) is 17.6. The molecule has 2 heterocycles. The Morgan fingerprint density at radius 2 is 2.04 bits per heavy atom. The Labute approximate surface area is 151 Å². The van der Waals surface area contributed by atoms with Gasteiger partial charge >= 0.3 is 6.18 Å². The van der Waals surface area contributed by atoms with E-state index >= 15 is 0 Å². The fraction of sp³-hybridized carbons (Fsp3) is 0.778. The summed E-state index contributed by atoms with van der Waals surface area (Å²) in [5.41, 5.74) is -0.835. The predicted octanol–water partition coefficient (Wildman–Crippen LogP) is 3.27. The maximum atomic E-state index is 12.8. The number of alkyl halides is 3. The number of likely N-dealkylation sites (N-methyl/N-ethyl adjacent to an activating group) is 1. The van der Waals surface area contributed by atoms with Crippen LogP contribution in [0.3, 0.4) is 0 Å². The van der Waals surface area contributed by atoms with Crippen molar-refractivity contribution in [3.05, 3.63) is 17.7 Å². The number of fused-ring (bicyclic) bond motifs is 1. The van der Waals surface area contributed by atoms with Crippen molar-refractivity contribution in [3.8, 4) is 0 Å². The Morgan fingerprint density at radius 3 is 2.73 bits per heavy atom. The molecular formula is C18H26F3N3O2. The lowest BCUT2D eigenvalue weighted by Gasteiger charge is -2.29. The molecule has 0 bridgehead atoms. The molecule has 26 heavy (non-hydrogen) atoms. The number of aromatic nitrogens is 2. The largest absolute Gasteiger partial charge is 0.434 e. The van der Waals surface area contributed by atoms with E-state index in [1.54, 1.807) is 16.5 Å². The van der Waals surface area contributed by atoms with Gasteiger partial charge in [-0.2, -0.15) is 13.2 Å². The summed E-state index contributed by atoms with van der Waals surface area (Å²) in [6, 6.07) is 0. The number of nitrogens with zero attached hydrogens (tertiary/aromatic N) is 3. The van der Waals surface area contributed by atoms with Gasteiger partial charge in [0.15, 0.2) is 5.69 Å². The molecule has 1 saturated carbocycles. The van der Waals surface area contributed by atoms with Crippen LogP contribution in [0.5, 0.6) is 0 Å². The first kappa shape index (κ1) is 19.2. The third-order valence-corrected chi connectivity index (χ3v) is 5.33. The molecule has 0 spiro atoms. The summed E-state index contributed by atoms with van der Waals surface area (Å²) in [6.07, 6.45) is 3.67. The van der Waals surface area contributed by atoms with Crippen LogP contribution in [0.4, 0.5) is 13.2 Å². The Kier molecular flexibility index (Phi) is 5.89. The second kappa shape index (κ2) is 7.98. The van der Waals surface area contributed by atoms with Crippen LogP contribution in [-0.2, 0) is 28.7 Å². The number of carbonyl (C=O) groups excluding carboxylic acids is 1. The van der Waals surface area contributed by atoms with Crippen molar-refractivity contribution in [1.29, 1.82) is 0 Å². The Hall–Kier alpha value is -1.57. The van der Waals surface area contributed by atoms with E-state index in [-0.39, 0.29) is 24.5 Å². The lowest BCUT2D eigenvalue weighted by molar-refractivity contribution is -0.141. The van der Waals surface area contributed by atoms with E-state index < -0.39 is 11.9 Å². The molecule has 0 N–H and O–H groups in total. The molecule has 0 radical (unpaired) electrons. The molecule has 1 unspecified atom stereocenters. The first-order chi connectivity index (χ1) is 12.3. The maximum absolute atomic E-state index is 12.8. The monoisotopic (exact) mass is 373 g/mol. The fourth-order valence-electron chi connectivity index (χ4n) is 3.82. The summed E-state index contributed by atoms with van der Waals surface area (Å²) in [6.45, 7) is 1.06. The predicted molar refractivity (Wildman–Crippen MR) is 89.5 cm³/mol. The normalized spacial score (nSPS) is 21.5. The number of rotatable bonds is 5. The van der Waals surface area contributed by atoms with Crippen LogP contribution >= 0.6 is 0 Å². The highest BCUT2D eigenvalue weighted by Crippen LogP contribution is 2.30. The van der Waals surface area contributed by atoms with Crippen molar-refractivity contribution >= 4 is 5.91 Å². The second-order valence-corrected chi connectivity index (χ2v) is 7.44. The summed E-state index contributed by atoms with van der Waals surface area (Å²) >= 11 is 0. The lowest BCUT2D eigenvalue weighted by Crippen LogP contribution is -2.38. The van der Waals surface area contributed by atoms with Gasteiger partial charge in [-0.15, -0.1) is 0 Å². The second-order valence-electron chi connectivity index (χ2n) is 7.44. The molecule has 0 aromatic carbocycles. The molecule has 1 fully saturated rings. The maximum Gasteiger partial charge on any atom is 0.434 e. The van der Waals surface area contributed by atoms with Gasteiger partial charge in [0.2, 0.25) is 5.91 Å². The topological polar surface area (TPSA) is 47.4 Å². The van der Waals surface area contributed by atoms with Crippen LogP contribution in [0.25, 0.3) is 0 Å². The molecule has 1 amide bonds. The van der Waals surface area contributed by atoms with Crippen molar-refractivity contribution in [2.24, 2.45) is 5.92 Å². The quantitative estimate of drug-likeness (QED) is 0.796. The minimum absolute atomic E-state index is 0.0667. The summed E-state index contributed by atoms with van der Waals surface area (Å²) in [5, 5.41) is 0. The van der Waals surface area contributed by atoms with E-state index in [9.17, 15) is 18.0 Å². The number of imidazole rings is 1. The molecule has 3 rings (SSSR count). The Morgan fingerprint density at radius 1 is 1.31 bits per heavy atom. The standard InChI is InChI=1S/C18H26F3N3O2/c1-23(17(25)12-26-14-5-3-2-4-6-14)9-13-7-8-16-22-15(18(19,20)21)11-24(16)10-13/h11,13-14H,2-10,12H2,1H3. The van der Waals surface area contributed by atoms with Gasteiger partial charge in [-0.25, -0.2) is 4.98 Å². The minimum atomic E-state index is -4.41. The van der Waals surface area contributed by atoms with Gasteiger partial charge in [0.05, 0.1) is 6.10 Å². The number of ether oxygens (including phenoxy) is 1. The Bertz CT molecular complexity index is 624. The van der Waals surface area contributed by atoms with Crippen LogP contribution in [-0.4, -0.2) is 46.7 Å². The van der Waals surface area contributed by atoms with E-state index in [0.29, 0.717) is 25.3 Å². The van der Waals surface area contributed by atoms with Crippen molar-refractivity contribution < 1.29 is 22.7 Å². The van der Waals surface area contributed by atoms with Crippen LogP contribution in [0, 0.1) is 5.92 Å². The smallest absolute Gasteiger partial charge is 0.368 e. The van der Waals surface area contributed by atoms with Crippen LogP contribution in [0.2, 0.25) is 0 Å². The third kappa shape index (κ3) is 4.78. The molecule has 1 aromatic heterocycles. The van der Waals surface area contributed by atoms with Gasteiger partial charge in [0.25, 0.3) is 0 Å². The Balaban J connectivity index is 1.48. The van der Waals surface area contributed by atoms with Gasteiger partial charge in [0, 0.05) is 32.8 Å². The molecular weight excluding hydrogens is 347 g/mol. The molecule has 2 aliphatic rings. The minimum Gasteiger partial charge on any atom is -0.368 e. The van der Waals surface area contributed by atoms with Gasteiger partial charge < -0.3 is 14.2 Å². The molecule has 146 valence electrons. The lowest BCUT2D eigenvalue weighted by atomic mass is 9.98. The average molecular weight is 373 g/mol. The van der Waals surface area contributed by atoms with Gasteiger partial charge in [-0.05, 0) is 25.2 Å². The zero-order valence-corrected chi connectivity index (χ0v) is 15.1. The summed E-state index contributed by atoms with van der Waals surface area (Å²) in [5.74, 6) is 0.535. The van der Waals surface area contributed by atoms with Crippen molar-refractivity contribution in [2.45, 2.75) is 63.8 Å². The van der Waals surface area contributed by atoms with Gasteiger partial charge in [-0.3, -0.25) is 4.79 Å². The van der Waals surface area contributed by atoms with Crippen LogP contribution in [0.15, 0.2) is 6.20 Å². The summed E-state index contributed by atoms with van der Waals surface area (Å²) in [7, 11) is 1.73. The van der Waals surface area contributed by atoms with E-state index in [1.165, 1.54) is 6.42 Å². The number of aryl methyl sites for hydroxylation is 1. The summed E-state index contributed by atoms with van der Waals surface area (Å²) < 4.78 is 45.6. The number of hydrogen-bond acceptors (Lipinski definition) is 3. The van der Waals surface area contributed by atoms with E-state index in [4.69, 9.17) is 4.74 Å². The molecule has 1 aromatic rings.